The van der Waals surface area contributed by atoms with Crippen molar-refractivity contribution in [1.82, 2.24) is 0 Å². The molecule has 1 atom stereocenters. The second kappa shape index (κ2) is 4.26. The lowest BCUT2D eigenvalue weighted by Crippen LogP contribution is -2.36. The van der Waals surface area contributed by atoms with E-state index in [1.54, 1.807) is 0 Å². The SMILES string of the molecule is C=CC(=O)OC(C)CC(C)(C)N. The molecule has 3 heteroatoms. The smallest absolute Gasteiger partial charge is 0.330 e. The Morgan fingerprint density at radius 3 is 2.58 bits per heavy atom. The summed E-state index contributed by atoms with van der Waals surface area (Å²) in [6.45, 7) is 8.91. The molecule has 0 saturated carbocycles. The Bertz CT molecular complexity index is 170. The van der Waals surface area contributed by atoms with Crippen molar-refractivity contribution in [2.75, 3.05) is 0 Å². The average molecular weight is 171 g/mol. The Kier molecular flexibility index (Phi) is 3.96. The molecule has 0 aromatic carbocycles. The first-order valence-electron chi connectivity index (χ1n) is 3.97. The molecule has 70 valence electrons. The van der Waals surface area contributed by atoms with Crippen molar-refractivity contribution in [3.8, 4) is 0 Å². The molecule has 0 spiro atoms. The van der Waals surface area contributed by atoms with Gasteiger partial charge in [-0.1, -0.05) is 6.58 Å². The van der Waals surface area contributed by atoms with Crippen LogP contribution in [0, 0.1) is 0 Å². The standard InChI is InChI=1S/C9H17NO2/c1-5-8(11)12-7(2)6-9(3,4)10/h5,7H,1,6,10H2,2-4H3. The lowest BCUT2D eigenvalue weighted by atomic mass is 9.99. The van der Waals surface area contributed by atoms with Crippen LogP contribution in [-0.4, -0.2) is 17.6 Å². The van der Waals surface area contributed by atoms with Crippen molar-refractivity contribution in [2.24, 2.45) is 5.73 Å². The Morgan fingerprint density at radius 2 is 2.25 bits per heavy atom. The van der Waals surface area contributed by atoms with Gasteiger partial charge in [-0.2, -0.15) is 0 Å². The molecule has 0 radical (unpaired) electrons. The molecule has 0 saturated heterocycles. The summed E-state index contributed by atoms with van der Waals surface area (Å²) >= 11 is 0. The Labute approximate surface area is 73.6 Å². The van der Waals surface area contributed by atoms with Gasteiger partial charge in [0, 0.05) is 18.0 Å². The largest absolute Gasteiger partial charge is 0.459 e. The molecule has 0 bridgehead atoms. The Hall–Kier alpha value is -0.830. The first-order valence-corrected chi connectivity index (χ1v) is 3.97. The molecule has 0 aliphatic rings. The van der Waals surface area contributed by atoms with Crippen molar-refractivity contribution >= 4 is 5.97 Å². The molecule has 0 aliphatic carbocycles. The van der Waals surface area contributed by atoms with Crippen LogP contribution in [0.1, 0.15) is 27.2 Å². The zero-order valence-electron chi connectivity index (χ0n) is 7.96. The van der Waals surface area contributed by atoms with Crippen LogP contribution in [0.25, 0.3) is 0 Å². The summed E-state index contributed by atoms with van der Waals surface area (Å²) in [6, 6.07) is 0. The summed E-state index contributed by atoms with van der Waals surface area (Å²) in [5, 5.41) is 0. The van der Waals surface area contributed by atoms with Gasteiger partial charge in [0.25, 0.3) is 0 Å². The molecule has 1 unspecified atom stereocenters. The maximum Gasteiger partial charge on any atom is 0.330 e. The van der Waals surface area contributed by atoms with E-state index in [4.69, 9.17) is 10.5 Å². The molecule has 0 fully saturated rings. The quantitative estimate of drug-likeness (QED) is 0.511. The van der Waals surface area contributed by atoms with Crippen molar-refractivity contribution in [3.05, 3.63) is 12.7 Å². The fourth-order valence-corrected chi connectivity index (χ4v) is 1.03. The van der Waals surface area contributed by atoms with Crippen LogP contribution in [0.4, 0.5) is 0 Å². The molecule has 0 aromatic heterocycles. The molecule has 0 rings (SSSR count). The molecular weight excluding hydrogens is 154 g/mol. The molecule has 12 heavy (non-hydrogen) atoms. The maximum atomic E-state index is 10.7. The predicted molar refractivity (Wildman–Crippen MR) is 48.6 cm³/mol. The lowest BCUT2D eigenvalue weighted by Gasteiger charge is -2.22. The fraction of sp³-hybridized carbons (Fsp3) is 0.667. The van der Waals surface area contributed by atoms with Gasteiger partial charge in [-0.05, 0) is 20.8 Å². The third-order valence-corrected chi connectivity index (χ3v) is 1.30. The minimum absolute atomic E-state index is 0.157. The molecule has 2 N–H and O–H groups in total. The van der Waals surface area contributed by atoms with E-state index in [0.717, 1.165) is 6.08 Å². The lowest BCUT2D eigenvalue weighted by molar-refractivity contribution is -0.142. The zero-order valence-corrected chi connectivity index (χ0v) is 7.96. The number of hydrogen-bond acceptors (Lipinski definition) is 3. The third kappa shape index (κ3) is 5.92. The maximum absolute atomic E-state index is 10.7. The van der Waals surface area contributed by atoms with E-state index in [1.165, 1.54) is 0 Å². The first-order chi connectivity index (χ1) is 5.35. The van der Waals surface area contributed by atoms with Crippen LogP contribution in [0.3, 0.4) is 0 Å². The zero-order chi connectivity index (χ0) is 9.78. The predicted octanol–water partition coefficient (Wildman–Crippen LogP) is 1.23. The van der Waals surface area contributed by atoms with Crippen LogP contribution >= 0.6 is 0 Å². The number of rotatable bonds is 4. The van der Waals surface area contributed by atoms with Crippen molar-refractivity contribution < 1.29 is 9.53 Å². The summed E-state index contributed by atoms with van der Waals surface area (Å²) in [6.07, 6.45) is 1.64. The van der Waals surface area contributed by atoms with E-state index in [-0.39, 0.29) is 11.6 Å². The number of carbonyl (C=O) groups excluding carboxylic acids is 1. The van der Waals surface area contributed by atoms with Crippen LogP contribution < -0.4 is 5.73 Å². The highest BCUT2D eigenvalue weighted by Crippen LogP contribution is 2.10. The van der Waals surface area contributed by atoms with Crippen LogP contribution in [-0.2, 0) is 9.53 Å². The number of carbonyl (C=O) groups is 1. The van der Waals surface area contributed by atoms with E-state index >= 15 is 0 Å². The van der Waals surface area contributed by atoms with Gasteiger partial charge in [0.1, 0.15) is 6.10 Å². The summed E-state index contributed by atoms with van der Waals surface area (Å²) in [4.78, 5) is 10.7. The van der Waals surface area contributed by atoms with Crippen molar-refractivity contribution in [3.63, 3.8) is 0 Å². The molecule has 0 aliphatic heterocycles. The van der Waals surface area contributed by atoms with Crippen LogP contribution in [0.15, 0.2) is 12.7 Å². The molecule has 0 amide bonds. The summed E-state index contributed by atoms with van der Waals surface area (Å²) in [5.41, 5.74) is 5.43. The monoisotopic (exact) mass is 171 g/mol. The first kappa shape index (κ1) is 11.2. The number of nitrogens with two attached hydrogens (primary N) is 1. The number of esters is 1. The third-order valence-electron chi connectivity index (χ3n) is 1.30. The van der Waals surface area contributed by atoms with E-state index in [1.807, 2.05) is 20.8 Å². The van der Waals surface area contributed by atoms with Gasteiger partial charge in [0.2, 0.25) is 0 Å². The van der Waals surface area contributed by atoms with Crippen LogP contribution in [0.5, 0.6) is 0 Å². The molecule has 0 aromatic rings. The van der Waals surface area contributed by atoms with Gasteiger partial charge >= 0.3 is 5.97 Å². The fourth-order valence-electron chi connectivity index (χ4n) is 1.03. The van der Waals surface area contributed by atoms with Crippen molar-refractivity contribution in [2.45, 2.75) is 38.8 Å². The van der Waals surface area contributed by atoms with Gasteiger partial charge in [0.15, 0.2) is 0 Å². The highest BCUT2D eigenvalue weighted by Gasteiger charge is 2.17. The van der Waals surface area contributed by atoms with E-state index in [9.17, 15) is 4.79 Å². The summed E-state index contributed by atoms with van der Waals surface area (Å²) in [5.74, 6) is -0.397. The van der Waals surface area contributed by atoms with Gasteiger partial charge in [0.05, 0.1) is 0 Å². The van der Waals surface area contributed by atoms with E-state index < -0.39 is 5.97 Å². The highest BCUT2D eigenvalue weighted by molar-refractivity contribution is 5.81. The second-order valence-corrected chi connectivity index (χ2v) is 3.64. The second-order valence-electron chi connectivity index (χ2n) is 3.64. The Balaban J connectivity index is 3.82. The Morgan fingerprint density at radius 1 is 1.75 bits per heavy atom. The average Bonchev–Trinajstić information content (AvgIpc) is 1.82. The van der Waals surface area contributed by atoms with Crippen molar-refractivity contribution in [1.29, 1.82) is 0 Å². The number of hydrogen-bond donors (Lipinski definition) is 1. The highest BCUT2D eigenvalue weighted by atomic mass is 16.5. The summed E-state index contributed by atoms with van der Waals surface area (Å²) in [7, 11) is 0. The van der Waals surface area contributed by atoms with Gasteiger partial charge < -0.3 is 10.5 Å². The normalized spacial score (nSPS) is 13.7. The summed E-state index contributed by atoms with van der Waals surface area (Å²) < 4.78 is 4.94. The molecular formula is C9H17NO2. The van der Waals surface area contributed by atoms with Gasteiger partial charge in [-0.15, -0.1) is 0 Å². The van der Waals surface area contributed by atoms with Gasteiger partial charge in [-0.3, -0.25) is 0 Å². The van der Waals surface area contributed by atoms with E-state index in [0.29, 0.717) is 6.42 Å². The number of ether oxygens (including phenoxy) is 1. The molecule has 3 nitrogen and oxygen atoms in total. The molecule has 0 heterocycles. The van der Waals surface area contributed by atoms with Gasteiger partial charge in [-0.25, -0.2) is 4.79 Å². The van der Waals surface area contributed by atoms with Crippen LogP contribution in [0.2, 0.25) is 0 Å². The topological polar surface area (TPSA) is 52.3 Å². The van der Waals surface area contributed by atoms with E-state index in [2.05, 4.69) is 6.58 Å². The minimum Gasteiger partial charge on any atom is -0.459 e. The minimum atomic E-state index is -0.397.